The summed E-state index contributed by atoms with van der Waals surface area (Å²) in [5, 5.41) is 13.2. The summed E-state index contributed by atoms with van der Waals surface area (Å²) in [6.45, 7) is 3.99. The van der Waals surface area contributed by atoms with Crippen LogP contribution >= 0.6 is 0 Å². The third-order valence-corrected chi connectivity index (χ3v) is 2.05. The smallest absolute Gasteiger partial charge is 0.258 e. The third kappa shape index (κ3) is 1.98. The van der Waals surface area contributed by atoms with Crippen molar-refractivity contribution < 1.29 is 9.63 Å². The van der Waals surface area contributed by atoms with Crippen LogP contribution in [0.3, 0.4) is 0 Å². The monoisotopic (exact) mass is 204 g/mol. The molecule has 15 heavy (non-hydrogen) atoms. The van der Waals surface area contributed by atoms with E-state index in [0.29, 0.717) is 11.7 Å². The van der Waals surface area contributed by atoms with E-state index in [2.05, 4.69) is 10.1 Å². The van der Waals surface area contributed by atoms with Gasteiger partial charge in [0.05, 0.1) is 0 Å². The third-order valence-electron chi connectivity index (χ3n) is 2.05. The first-order chi connectivity index (χ1) is 7.16. The lowest BCUT2D eigenvalue weighted by Gasteiger charge is -1.95. The van der Waals surface area contributed by atoms with Gasteiger partial charge < -0.3 is 9.63 Å². The average molecular weight is 204 g/mol. The minimum Gasteiger partial charge on any atom is -0.508 e. The summed E-state index contributed by atoms with van der Waals surface area (Å²) in [5.41, 5.74) is 0.731. The van der Waals surface area contributed by atoms with E-state index in [4.69, 9.17) is 4.52 Å². The standard InChI is InChI=1S/C11H12N2O2/c1-7(2)10-12-11(15-13-10)8-4-3-5-9(14)6-8/h3-7,14H,1-2H3. The molecular weight excluding hydrogens is 192 g/mol. The van der Waals surface area contributed by atoms with Gasteiger partial charge in [0.2, 0.25) is 0 Å². The Hall–Kier alpha value is -1.84. The van der Waals surface area contributed by atoms with Crippen LogP contribution in [0.15, 0.2) is 28.8 Å². The summed E-state index contributed by atoms with van der Waals surface area (Å²) in [7, 11) is 0. The number of hydrogen-bond donors (Lipinski definition) is 1. The summed E-state index contributed by atoms with van der Waals surface area (Å²) >= 11 is 0. The van der Waals surface area contributed by atoms with Crippen molar-refractivity contribution in [2.45, 2.75) is 19.8 Å². The maximum Gasteiger partial charge on any atom is 0.258 e. The maximum absolute atomic E-state index is 9.30. The average Bonchev–Trinajstić information content (AvgIpc) is 2.66. The van der Waals surface area contributed by atoms with Crippen molar-refractivity contribution in [2.24, 2.45) is 0 Å². The number of hydrogen-bond acceptors (Lipinski definition) is 4. The number of phenolic OH excluding ortho intramolecular Hbond substituents is 1. The topological polar surface area (TPSA) is 59.2 Å². The van der Waals surface area contributed by atoms with Gasteiger partial charge in [-0.1, -0.05) is 25.1 Å². The van der Waals surface area contributed by atoms with Crippen molar-refractivity contribution in [3.05, 3.63) is 30.1 Å². The largest absolute Gasteiger partial charge is 0.508 e. The van der Waals surface area contributed by atoms with Crippen LogP contribution in [0.4, 0.5) is 0 Å². The minimum absolute atomic E-state index is 0.191. The quantitative estimate of drug-likeness (QED) is 0.816. The molecule has 0 radical (unpaired) electrons. The highest BCUT2D eigenvalue weighted by Crippen LogP contribution is 2.22. The number of benzene rings is 1. The number of nitrogens with zero attached hydrogens (tertiary/aromatic N) is 2. The van der Waals surface area contributed by atoms with Gasteiger partial charge in [-0.25, -0.2) is 0 Å². The van der Waals surface area contributed by atoms with E-state index < -0.39 is 0 Å². The second kappa shape index (κ2) is 3.73. The predicted octanol–water partition coefficient (Wildman–Crippen LogP) is 2.57. The zero-order valence-electron chi connectivity index (χ0n) is 8.64. The SMILES string of the molecule is CC(C)c1noc(-c2cccc(O)c2)n1. The molecule has 0 fully saturated rings. The molecule has 4 nitrogen and oxygen atoms in total. The van der Waals surface area contributed by atoms with E-state index in [9.17, 15) is 5.11 Å². The lowest BCUT2D eigenvalue weighted by atomic mass is 10.2. The van der Waals surface area contributed by atoms with Crippen LogP contribution in [0.5, 0.6) is 5.75 Å². The Kier molecular flexibility index (Phi) is 2.41. The number of aromatic hydroxyl groups is 1. The van der Waals surface area contributed by atoms with Crippen molar-refractivity contribution in [3.8, 4) is 17.2 Å². The number of phenols is 1. The molecule has 0 saturated heterocycles. The molecule has 0 aliphatic heterocycles. The van der Waals surface area contributed by atoms with Gasteiger partial charge >= 0.3 is 0 Å². The molecule has 78 valence electrons. The normalized spacial score (nSPS) is 10.9. The van der Waals surface area contributed by atoms with E-state index in [0.717, 1.165) is 5.56 Å². The molecule has 1 N–H and O–H groups in total. The van der Waals surface area contributed by atoms with Crippen molar-refractivity contribution in [3.63, 3.8) is 0 Å². The summed E-state index contributed by atoms with van der Waals surface area (Å²) in [4.78, 5) is 4.23. The molecule has 0 unspecified atom stereocenters. The molecule has 0 amide bonds. The van der Waals surface area contributed by atoms with Crippen molar-refractivity contribution in [1.29, 1.82) is 0 Å². The molecule has 0 spiro atoms. The second-order valence-corrected chi connectivity index (χ2v) is 3.66. The van der Waals surface area contributed by atoms with Gasteiger partial charge in [-0.15, -0.1) is 0 Å². The van der Waals surface area contributed by atoms with Gasteiger partial charge in [0.15, 0.2) is 5.82 Å². The molecule has 0 bridgehead atoms. The number of rotatable bonds is 2. The van der Waals surface area contributed by atoms with Crippen LogP contribution in [0.2, 0.25) is 0 Å². The molecule has 2 aromatic rings. The first-order valence-corrected chi connectivity index (χ1v) is 4.80. The van der Waals surface area contributed by atoms with Crippen LogP contribution < -0.4 is 0 Å². The van der Waals surface area contributed by atoms with Crippen LogP contribution in [0.25, 0.3) is 11.5 Å². The predicted molar refractivity (Wildman–Crippen MR) is 55.5 cm³/mol. The Bertz CT molecular complexity index is 463. The zero-order chi connectivity index (χ0) is 10.8. The molecule has 1 aromatic heterocycles. The fraction of sp³-hybridized carbons (Fsp3) is 0.273. The first kappa shape index (κ1) is 9.71. The Balaban J connectivity index is 2.37. The molecule has 0 aliphatic rings. The van der Waals surface area contributed by atoms with Gasteiger partial charge in [-0.05, 0) is 18.2 Å². The fourth-order valence-electron chi connectivity index (χ4n) is 1.23. The number of aromatic nitrogens is 2. The Labute approximate surface area is 87.6 Å². The molecule has 2 rings (SSSR count). The van der Waals surface area contributed by atoms with Gasteiger partial charge in [0.25, 0.3) is 5.89 Å². The van der Waals surface area contributed by atoms with E-state index in [1.54, 1.807) is 18.2 Å². The summed E-state index contributed by atoms with van der Waals surface area (Å²) in [5.74, 6) is 1.54. The molecule has 4 heteroatoms. The first-order valence-electron chi connectivity index (χ1n) is 4.80. The van der Waals surface area contributed by atoms with Crippen molar-refractivity contribution in [1.82, 2.24) is 10.1 Å². The summed E-state index contributed by atoms with van der Waals surface area (Å²) in [6, 6.07) is 6.75. The Morgan fingerprint density at radius 1 is 1.33 bits per heavy atom. The molecule has 0 saturated carbocycles. The van der Waals surface area contributed by atoms with Gasteiger partial charge in [0, 0.05) is 11.5 Å². The van der Waals surface area contributed by atoms with Crippen LogP contribution in [0, 0.1) is 0 Å². The van der Waals surface area contributed by atoms with Crippen LogP contribution in [-0.2, 0) is 0 Å². The second-order valence-electron chi connectivity index (χ2n) is 3.66. The van der Waals surface area contributed by atoms with E-state index in [1.807, 2.05) is 19.9 Å². The van der Waals surface area contributed by atoms with E-state index in [-0.39, 0.29) is 11.7 Å². The highest BCUT2D eigenvalue weighted by Gasteiger charge is 2.11. The highest BCUT2D eigenvalue weighted by molar-refractivity contribution is 5.55. The van der Waals surface area contributed by atoms with Gasteiger partial charge in [0.1, 0.15) is 5.75 Å². The highest BCUT2D eigenvalue weighted by atomic mass is 16.5. The van der Waals surface area contributed by atoms with E-state index in [1.165, 1.54) is 0 Å². The Morgan fingerprint density at radius 2 is 2.13 bits per heavy atom. The van der Waals surface area contributed by atoms with E-state index >= 15 is 0 Å². The maximum atomic E-state index is 9.30. The molecule has 1 heterocycles. The van der Waals surface area contributed by atoms with Crippen molar-refractivity contribution >= 4 is 0 Å². The fourth-order valence-corrected chi connectivity index (χ4v) is 1.23. The molecule has 1 aromatic carbocycles. The lowest BCUT2D eigenvalue weighted by molar-refractivity contribution is 0.418. The summed E-state index contributed by atoms with van der Waals surface area (Å²) in [6.07, 6.45) is 0. The van der Waals surface area contributed by atoms with Crippen LogP contribution in [-0.4, -0.2) is 15.2 Å². The Morgan fingerprint density at radius 3 is 2.73 bits per heavy atom. The minimum atomic E-state index is 0.191. The zero-order valence-corrected chi connectivity index (χ0v) is 8.64. The van der Waals surface area contributed by atoms with Gasteiger partial charge in [-0.3, -0.25) is 0 Å². The summed E-state index contributed by atoms with van der Waals surface area (Å²) < 4.78 is 5.09. The molecular formula is C11H12N2O2. The van der Waals surface area contributed by atoms with Crippen LogP contribution in [0.1, 0.15) is 25.6 Å². The van der Waals surface area contributed by atoms with Crippen molar-refractivity contribution in [2.75, 3.05) is 0 Å². The molecule has 0 atom stereocenters. The van der Waals surface area contributed by atoms with Gasteiger partial charge in [-0.2, -0.15) is 4.98 Å². The lowest BCUT2D eigenvalue weighted by Crippen LogP contribution is -1.89. The molecule has 0 aliphatic carbocycles.